The molecule has 3 aliphatic rings. The molecule has 0 saturated heterocycles. The van der Waals surface area contributed by atoms with Gasteiger partial charge in [0.2, 0.25) is 0 Å². The first-order valence-electron chi connectivity index (χ1n) is 11.9. The number of hydrogen-bond donors (Lipinski definition) is 3. The van der Waals surface area contributed by atoms with E-state index in [0.29, 0.717) is 36.4 Å². The van der Waals surface area contributed by atoms with Gasteiger partial charge in [0.1, 0.15) is 11.5 Å². The van der Waals surface area contributed by atoms with Gasteiger partial charge in [0.05, 0.1) is 34.7 Å². The van der Waals surface area contributed by atoms with Gasteiger partial charge in [-0.15, -0.1) is 0 Å². The molecule has 1 heterocycles. The highest BCUT2D eigenvalue weighted by atomic mass is 19.1. The van der Waals surface area contributed by atoms with Gasteiger partial charge in [-0.1, -0.05) is 13.8 Å². The van der Waals surface area contributed by atoms with Gasteiger partial charge in [0, 0.05) is 12.1 Å². The van der Waals surface area contributed by atoms with Gasteiger partial charge in [-0.2, -0.15) is 5.10 Å². The minimum Gasteiger partial charge on any atom is -0.391 e. The molecule has 1 amide bonds. The van der Waals surface area contributed by atoms with Gasteiger partial charge >= 0.3 is 0 Å². The number of benzene rings is 1. The third-order valence-corrected chi connectivity index (χ3v) is 7.20. The van der Waals surface area contributed by atoms with Gasteiger partial charge in [0.15, 0.2) is 5.78 Å². The number of nitrogens with two attached hydrogens (primary N) is 1. The van der Waals surface area contributed by atoms with Gasteiger partial charge in [-0.25, -0.2) is 9.07 Å². The number of primary amides is 1. The van der Waals surface area contributed by atoms with Crippen LogP contribution in [-0.2, 0) is 12.8 Å². The second-order valence-corrected chi connectivity index (χ2v) is 10.7. The largest absolute Gasteiger partial charge is 0.391 e. The zero-order valence-electron chi connectivity index (χ0n) is 19.2. The van der Waals surface area contributed by atoms with E-state index in [1.54, 1.807) is 10.7 Å². The van der Waals surface area contributed by atoms with E-state index >= 15 is 4.39 Å². The molecule has 0 aliphatic heterocycles. The summed E-state index contributed by atoms with van der Waals surface area (Å²) in [5.41, 5.74) is 7.98. The minimum absolute atomic E-state index is 0.0333. The fraction of sp³-hybridized carbons (Fsp3) is 0.560. The monoisotopic (exact) mass is 454 g/mol. The number of carbonyl (C=O) groups is 2. The Kier molecular flexibility index (Phi) is 5.31. The summed E-state index contributed by atoms with van der Waals surface area (Å²) >= 11 is 0. The number of nitrogens with one attached hydrogen (secondary N) is 1. The second kappa shape index (κ2) is 7.94. The lowest BCUT2D eigenvalue weighted by Gasteiger charge is -2.29. The van der Waals surface area contributed by atoms with Crippen LogP contribution in [0.4, 0.5) is 10.1 Å². The SMILES string of the molecule is CC1(C)CC(=O)c2c(CC3CC3)nn(-c3cc(NC4CCCC4O)c(C(N)=O)cc3F)c2C1. The van der Waals surface area contributed by atoms with Crippen molar-refractivity contribution in [1.29, 1.82) is 0 Å². The summed E-state index contributed by atoms with van der Waals surface area (Å²) < 4.78 is 16.9. The summed E-state index contributed by atoms with van der Waals surface area (Å²) in [6.45, 7) is 4.07. The molecule has 2 atom stereocenters. The van der Waals surface area contributed by atoms with Crippen LogP contribution in [0.15, 0.2) is 12.1 Å². The smallest absolute Gasteiger partial charge is 0.250 e. The zero-order chi connectivity index (χ0) is 23.5. The lowest BCUT2D eigenvalue weighted by molar-refractivity contribution is 0.0909. The van der Waals surface area contributed by atoms with E-state index in [-0.39, 0.29) is 28.5 Å². The Hall–Kier alpha value is -2.74. The Morgan fingerprint density at radius 2 is 2.03 bits per heavy atom. The van der Waals surface area contributed by atoms with E-state index in [0.717, 1.165) is 49.6 Å². The number of aromatic nitrogens is 2. The topological polar surface area (TPSA) is 110 Å². The number of rotatable bonds is 6. The van der Waals surface area contributed by atoms with E-state index in [9.17, 15) is 14.7 Å². The first-order chi connectivity index (χ1) is 15.6. The Labute approximate surface area is 192 Å². The van der Waals surface area contributed by atoms with Crippen molar-refractivity contribution in [2.75, 3.05) is 5.32 Å². The average Bonchev–Trinajstić information content (AvgIpc) is 3.35. The number of ketones is 1. The highest BCUT2D eigenvalue weighted by molar-refractivity contribution is 6.00. The summed E-state index contributed by atoms with van der Waals surface area (Å²) in [6.07, 6.45) is 5.77. The molecule has 1 aromatic carbocycles. The summed E-state index contributed by atoms with van der Waals surface area (Å²) in [5, 5.41) is 18.2. The molecule has 3 aliphatic carbocycles. The summed E-state index contributed by atoms with van der Waals surface area (Å²) in [4.78, 5) is 25.1. The molecule has 0 bridgehead atoms. The van der Waals surface area contributed by atoms with Gasteiger partial charge in [-0.05, 0) is 68.4 Å². The van der Waals surface area contributed by atoms with Gasteiger partial charge in [0.25, 0.3) is 5.91 Å². The number of carbonyl (C=O) groups excluding carboxylic acids is 2. The molecule has 2 saturated carbocycles. The van der Waals surface area contributed by atoms with Crippen molar-refractivity contribution in [2.24, 2.45) is 17.1 Å². The number of fused-ring (bicyclic) bond motifs is 1. The highest BCUT2D eigenvalue weighted by Crippen LogP contribution is 2.41. The molecule has 8 heteroatoms. The molecule has 2 unspecified atom stereocenters. The first-order valence-corrected chi connectivity index (χ1v) is 11.9. The number of hydrogen-bond acceptors (Lipinski definition) is 5. The maximum atomic E-state index is 15.4. The minimum atomic E-state index is -0.747. The molecular formula is C25H31FN4O3. The average molecular weight is 455 g/mol. The molecule has 5 rings (SSSR count). The van der Waals surface area contributed by atoms with E-state index in [2.05, 4.69) is 5.32 Å². The fourth-order valence-corrected chi connectivity index (χ4v) is 5.32. The van der Waals surface area contributed by atoms with E-state index in [1.165, 1.54) is 0 Å². The number of Topliss-reactive ketones (excluding diaryl/α,β-unsaturated/α-hetero) is 1. The van der Waals surface area contributed by atoms with Crippen LogP contribution in [0.1, 0.15) is 84.5 Å². The normalized spacial score (nSPS) is 24.1. The van der Waals surface area contributed by atoms with Gasteiger partial charge < -0.3 is 16.2 Å². The van der Waals surface area contributed by atoms with Crippen molar-refractivity contribution in [2.45, 2.75) is 77.4 Å². The van der Waals surface area contributed by atoms with Crippen LogP contribution >= 0.6 is 0 Å². The quantitative estimate of drug-likeness (QED) is 0.618. The Morgan fingerprint density at radius 3 is 2.67 bits per heavy atom. The molecule has 2 fully saturated rings. The van der Waals surface area contributed by atoms with Crippen molar-refractivity contribution in [3.05, 3.63) is 40.5 Å². The second-order valence-electron chi connectivity index (χ2n) is 10.7. The summed E-state index contributed by atoms with van der Waals surface area (Å²) in [5.74, 6) is -0.780. The van der Waals surface area contributed by atoms with Crippen molar-refractivity contribution in [3.63, 3.8) is 0 Å². The third kappa shape index (κ3) is 4.16. The lowest BCUT2D eigenvalue weighted by atomic mass is 9.75. The Morgan fingerprint density at radius 1 is 1.27 bits per heavy atom. The van der Waals surface area contributed by atoms with Crippen molar-refractivity contribution in [1.82, 2.24) is 9.78 Å². The Bertz CT molecular complexity index is 1140. The molecule has 4 N–H and O–H groups in total. The molecule has 0 spiro atoms. The van der Waals surface area contributed by atoms with Gasteiger partial charge in [-0.3, -0.25) is 9.59 Å². The van der Waals surface area contributed by atoms with Crippen LogP contribution in [0.25, 0.3) is 5.69 Å². The standard InChI is InChI=1S/C25H31FN4O3/c1-25(2)11-20-23(22(32)12-25)18(8-13-6-7-13)29-30(20)19-10-17(14(24(27)33)9-15(19)26)28-16-4-3-5-21(16)31/h9-10,13,16,21,28,31H,3-8,11-12H2,1-2H3,(H2,27,33). The predicted octanol–water partition coefficient (Wildman–Crippen LogP) is 3.54. The van der Waals surface area contributed by atoms with E-state index in [1.807, 2.05) is 13.8 Å². The van der Waals surface area contributed by atoms with Crippen LogP contribution in [0.2, 0.25) is 0 Å². The number of aliphatic hydroxyl groups is 1. The summed E-state index contributed by atoms with van der Waals surface area (Å²) in [7, 11) is 0. The molecule has 2 aromatic rings. The maximum absolute atomic E-state index is 15.4. The number of nitrogens with zero attached hydrogens (tertiary/aromatic N) is 2. The van der Waals surface area contributed by atoms with Crippen LogP contribution < -0.4 is 11.1 Å². The molecule has 33 heavy (non-hydrogen) atoms. The van der Waals surface area contributed by atoms with E-state index in [4.69, 9.17) is 10.8 Å². The number of amides is 1. The molecule has 176 valence electrons. The Balaban J connectivity index is 1.63. The molecular weight excluding hydrogens is 423 g/mol. The predicted molar refractivity (Wildman–Crippen MR) is 122 cm³/mol. The van der Waals surface area contributed by atoms with Crippen LogP contribution in [0.5, 0.6) is 0 Å². The third-order valence-electron chi connectivity index (χ3n) is 7.20. The molecule has 7 nitrogen and oxygen atoms in total. The van der Waals surface area contributed by atoms with Crippen molar-refractivity contribution >= 4 is 17.4 Å². The van der Waals surface area contributed by atoms with Crippen LogP contribution in [-0.4, -0.2) is 38.7 Å². The van der Waals surface area contributed by atoms with Crippen molar-refractivity contribution < 1.29 is 19.1 Å². The summed E-state index contributed by atoms with van der Waals surface area (Å²) in [6, 6.07) is 2.44. The van der Waals surface area contributed by atoms with Crippen LogP contribution in [0, 0.1) is 17.2 Å². The highest BCUT2D eigenvalue weighted by Gasteiger charge is 2.38. The van der Waals surface area contributed by atoms with E-state index < -0.39 is 17.8 Å². The number of anilines is 1. The first kappa shape index (κ1) is 22.1. The lowest BCUT2D eigenvalue weighted by Crippen LogP contribution is -2.30. The van der Waals surface area contributed by atoms with Crippen molar-refractivity contribution in [3.8, 4) is 5.69 Å². The molecule has 0 radical (unpaired) electrons. The number of aliphatic hydroxyl groups excluding tert-OH is 1. The maximum Gasteiger partial charge on any atom is 0.250 e. The van der Waals surface area contributed by atoms with Crippen LogP contribution in [0.3, 0.4) is 0 Å². The molecule has 1 aromatic heterocycles. The number of halogens is 1. The fourth-order valence-electron chi connectivity index (χ4n) is 5.32. The zero-order valence-corrected chi connectivity index (χ0v) is 19.2.